The summed E-state index contributed by atoms with van der Waals surface area (Å²) in [5.41, 5.74) is 0.474. The number of anilines is 1. The largest absolute Gasteiger partial charge is 0.490 e. The van der Waals surface area contributed by atoms with Gasteiger partial charge in [-0.3, -0.25) is 0 Å². The molecule has 126 valence electrons. The molecule has 8 heteroatoms. The van der Waals surface area contributed by atoms with Crippen molar-refractivity contribution in [3.05, 3.63) is 64.6 Å². The smallest absolute Gasteiger partial charge is 0.432 e. The summed E-state index contributed by atoms with van der Waals surface area (Å²) in [6.45, 7) is 0. The van der Waals surface area contributed by atoms with Crippen molar-refractivity contribution in [3.8, 4) is 5.75 Å². The average molecular weight is 392 g/mol. The third-order valence-corrected chi connectivity index (χ3v) is 4.36. The summed E-state index contributed by atoms with van der Waals surface area (Å²) < 4.78 is 5.62. The van der Waals surface area contributed by atoms with Gasteiger partial charge in [-0.15, -0.1) is 0 Å². The van der Waals surface area contributed by atoms with Crippen molar-refractivity contribution in [2.24, 2.45) is 0 Å². The van der Waals surface area contributed by atoms with E-state index in [2.05, 4.69) is 5.32 Å². The molecule has 0 saturated carbocycles. The Kier molecular flexibility index (Phi) is 5.46. The molecule has 0 aliphatic heterocycles. The SMILES string of the molecule is OB(O)c1cc(NC(=S)Oc2ccc3ccccc3c2)c(Cl)cc1Cl. The number of halogens is 2. The number of rotatable bonds is 3. The molecule has 0 fully saturated rings. The molecule has 0 unspecified atom stereocenters. The van der Waals surface area contributed by atoms with Crippen molar-refractivity contribution in [1.29, 1.82) is 0 Å². The van der Waals surface area contributed by atoms with E-state index in [-0.39, 0.29) is 20.7 Å². The fourth-order valence-corrected chi connectivity index (χ4v) is 3.07. The van der Waals surface area contributed by atoms with Gasteiger partial charge >= 0.3 is 7.12 Å². The van der Waals surface area contributed by atoms with Crippen LogP contribution in [0.1, 0.15) is 0 Å². The fourth-order valence-electron chi connectivity index (χ4n) is 2.33. The van der Waals surface area contributed by atoms with Crippen LogP contribution in [-0.2, 0) is 0 Å². The second-order valence-corrected chi connectivity index (χ2v) is 6.44. The van der Waals surface area contributed by atoms with E-state index in [4.69, 9.17) is 40.2 Å². The Morgan fingerprint density at radius 1 is 0.960 bits per heavy atom. The van der Waals surface area contributed by atoms with Crippen LogP contribution in [0.5, 0.6) is 5.75 Å². The zero-order chi connectivity index (χ0) is 18.0. The molecule has 0 amide bonds. The van der Waals surface area contributed by atoms with E-state index in [9.17, 15) is 10.0 Å². The summed E-state index contributed by atoms with van der Waals surface area (Å²) in [7, 11) is -1.72. The maximum absolute atomic E-state index is 9.33. The van der Waals surface area contributed by atoms with Crippen LogP contribution in [0.25, 0.3) is 10.8 Å². The van der Waals surface area contributed by atoms with Crippen LogP contribution in [0, 0.1) is 0 Å². The van der Waals surface area contributed by atoms with Crippen LogP contribution in [0.15, 0.2) is 54.6 Å². The molecule has 0 aromatic heterocycles. The van der Waals surface area contributed by atoms with Crippen molar-refractivity contribution < 1.29 is 14.8 Å². The third-order valence-electron chi connectivity index (χ3n) is 3.53. The molecule has 3 N–H and O–H groups in total. The second-order valence-electron chi connectivity index (χ2n) is 5.25. The standard InChI is InChI=1S/C17H12BCl2NO3S/c19-14-9-15(20)16(8-13(14)18(22)23)21-17(25)24-12-6-5-10-3-1-2-4-11(10)7-12/h1-9,22-23H,(H,21,25). The Bertz CT molecular complexity index is 952. The van der Waals surface area contributed by atoms with Gasteiger partial charge in [0.25, 0.3) is 5.17 Å². The Balaban J connectivity index is 1.78. The summed E-state index contributed by atoms with van der Waals surface area (Å²) in [6, 6.07) is 16.3. The molecular weight excluding hydrogens is 380 g/mol. The van der Waals surface area contributed by atoms with Crippen molar-refractivity contribution in [2.45, 2.75) is 0 Å². The molecule has 4 nitrogen and oxygen atoms in total. The van der Waals surface area contributed by atoms with Gasteiger partial charge in [0.05, 0.1) is 10.7 Å². The summed E-state index contributed by atoms with van der Waals surface area (Å²) in [5, 5.41) is 24.1. The van der Waals surface area contributed by atoms with Crippen molar-refractivity contribution >= 4 is 69.6 Å². The molecule has 0 spiro atoms. The van der Waals surface area contributed by atoms with E-state index in [1.54, 1.807) is 0 Å². The van der Waals surface area contributed by atoms with Gasteiger partial charge in [0.15, 0.2) is 0 Å². The van der Waals surface area contributed by atoms with Gasteiger partial charge in [-0.1, -0.05) is 53.5 Å². The molecule has 0 heterocycles. The third kappa shape index (κ3) is 4.23. The Morgan fingerprint density at radius 3 is 2.40 bits per heavy atom. The highest BCUT2D eigenvalue weighted by Gasteiger charge is 2.18. The highest BCUT2D eigenvalue weighted by Crippen LogP contribution is 2.25. The lowest BCUT2D eigenvalue weighted by atomic mass is 9.80. The maximum Gasteiger partial charge on any atom is 0.490 e. The highest BCUT2D eigenvalue weighted by atomic mass is 35.5. The molecular formula is C17H12BCl2NO3S. The van der Waals surface area contributed by atoms with Crippen LogP contribution >= 0.6 is 35.4 Å². The van der Waals surface area contributed by atoms with Gasteiger partial charge in [-0.05, 0) is 47.3 Å². The lowest BCUT2D eigenvalue weighted by Gasteiger charge is -2.13. The zero-order valence-corrected chi connectivity index (χ0v) is 15.1. The predicted molar refractivity (Wildman–Crippen MR) is 107 cm³/mol. The summed E-state index contributed by atoms with van der Waals surface area (Å²) >= 11 is 17.2. The Morgan fingerprint density at radius 2 is 1.68 bits per heavy atom. The topological polar surface area (TPSA) is 61.7 Å². The monoisotopic (exact) mass is 391 g/mol. The first-order valence-electron chi connectivity index (χ1n) is 7.27. The van der Waals surface area contributed by atoms with Crippen molar-refractivity contribution in [3.63, 3.8) is 0 Å². The van der Waals surface area contributed by atoms with Crippen LogP contribution in [0.4, 0.5) is 5.69 Å². The fraction of sp³-hybridized carbons (Fsp3) is 0. The van der Waals surface area contributed by atoms with Gasteiger partial charge < -0.3 is 20.1 Å². The van der Waals surface area contributed by atoms with E-state index in [0.717, 1.165) is 10.8 Å². The van der Waals surface area contributed by atoms with E-state index in [1.807, 2.05) is 42.5 Å². The molecule has 3 rings (SSSR count). The normalized spacial score (nSPS) is 10.6. The zero-order valence-electron chi connectivity index (χ0n) is 12.7. The van der Waals surface area contributed by atoms with Crippen LogP contribution in [0.2, 0.25) is 10.0 Å². The van der Waals surface area contributed by atoms with Crippen LogP contribution < -0.4 is 15.5 Å². The molecule has 0 aliphatic rings. The van der Waals surface area contributed by atoms with Gasteiger partial charge in [0.1, 0.15) is 5.75 Å². The average Bonchev–Trinajstić information content (AvgIpc) is 2.57. The predicted octanol–water partition coefficient (Wildman–Crippen LogP) is 3.60. The van der Waals surface area contributed by atoms with Crippen LogP contribution in [0.3, 0.4) is 0 Å². The van der Waals surface area contributed by atoms with Crippen molar-refractivity contribution in [2.75, 3.05) is 5.32 Å². The van der Waals surface area contributed by atoms with Gasteiger partial charge in [-0.25, -0.2) is 0 Å². The molecule has 0 radical (unpaired) electrons. The minimum atomic E-state index is -1.72. The molecule has 0 saturated heterocycles. The lowest BCUT2D eigenvalue weighted by molar-refractivity contribution is 0.426. The number of hydrogen-bond donors (Lipinski definition) is 3. The van der Waals surface area contributed by atoms with Crippen molar-refractivity contribution in [1.82, 2.24) is 0 Å². The molecule has 0 bridgehead atoms. The minimum Gasteiger partial charge on any atom is -0.432 e. The van der Waals surface area contributed by atoms with E-state index in [1.165, 1.54) is 12.1 Å². The van der Waals surface area contributed by atoms with Gasteiger partial charge in [0, 0.05) is 10.5 Å². The number of hydrogen-bond acceptors (Lipinski definition) is 4. The number of thiocarbonyl (C=S) groups is 1. The number of fused-ring (bicyclic) bond motifs is 1. The van der Waals surface area contributed by atoms with E-state index < -0.39 is 7.12 Å². The minimum absolute atomic E-state index is 0.0675. The molecule has 0 aliphatic carbocycles. The number of ether oxygens (including phenoxy) is 1. The van der Waals surface area contributed by atoms with E-state index in [0.29, 0.717) is 11.4 Å². The van der Waals surface area contributed by atoms with Gasteiger partial charge in [0.2, 0.25) is 0 Å². The van der Waals surface area contributed by atoms with Crippen LogP contribution in [-0.4, -0.2) is 22.3 Å². The molecule has 25 heavy (non-hydrogen) atoms. The first-order valence-corrected chi connectivity index (χ1v) is 8.43. The maximum atomic E-state index is 9.33. The Labute approximate surface area is 160 Å². The summed E-state index contributed by atoms with van der Waals surface area (Å²) in [6.07, 6.45) is 0. The first kappa shape index (κ1) is 18.0. The summed E-state index contributed by atoms with van der Waals surface area (Å²) in [5.74, 6) is 0.573. The Hall–Kier alpha value is -1.83. The second kappa shape index (κ2) is 7.60. The molecule has 3 aromatic rings. The quantitative estimate of drug-likeness (QED) is 0.470. The molecule has 3 aromatic carbocycles. The number of benzene rings is 3. The van der Waals surface area contributed by atoms with E-state index >= 15 is 0 Å². The lowest BCUT2D eigenvalue weighted by Crippen LogP contribution is -2.31. The first-order chi connectivity index (χ1) is 11.9. The summed E-state index contributed by atoms with van der Waals surface area (Å²) in [4.78, 5) is 0. The molecule has 0 atom stereocenters. The van der Waals surface area contributed by atoms with Gasteiger partial charge in [-0.2, -0.15) is 0 Å². The number of nitrogens with one attached hydrogen (secondary N) is 1. The highest BCUT2D eigenvalue weighted by molar-refractivity contribution is 7.80.